The molecule has 3 N–H and O–H groups in total. The Morgan fingerprint density at radius 3 is 3.23 bits per heavy atom. The molecule has 14 heteroatoms. The van der Waals surface area contributed by atoms with E-state index in [0.717, 1.165) is 0 Å². The number of aromatic nitrogens is 4. The number of ether oxygens (including phenoxy) is 2. The lowest BCUT2D eigenvalue weighted by Crippen LogP contribution is -2.43. The predicted molar refractivity (Wildman–Crippen MR) is 87.6 cm³/mol. The van der Waals surface area contributed by atoms with Crippen LogP contribution in [0.15, 0.2) is 16.2 Å². The SMILES string of the molecule is C[P+](=O)OC[C@@]12CO[C@@H]([C@H](n3cnc4c(=O)[nH]c(N)nc43)O1)[C@@H]2N=[N+]=[N-]. The van der Waals surface area contributed by atoms with E-state index in [9.17, 15) is 9.36 Å². The second-order valence-corrected chi connectivity index (χ2v) is 7.12. The lowest BCUT2D eigenvalue weighted by atomic mass is 9.98. The minimum Gasteiger partial charge on any atom is -0.370 e. The van der Waals surface area contributed by atoms with E-state index in [4.69, 9.17) is 25.3 Å². The van der Waals surface area contributed by atoms with Crippen LogP contribution in [0.3, 0.4) is 0 Å². The summed E-state index contributed by atoms with van der Waals surface area (Å²) in [6, 6.07) is -0.704. The molecule has 0 aliphatic carbocycles. The van der Waals surface area contributed by atoms with Gasteiger partial charge in [-0.1, -0.05) is 5.11 Å². The number of imidazole rings is 1. The van der Waals surface area contributed by atoms with Crippen molar-refractivity contribution in [3.8, 4) is 0 Å². The summed E-state index contributed by atoms with van der Waals surface area (Å²) in [5, 5.41) is 3.78. The van der Waals surface area contributed by atoms with Gasteiger partial charge in [0.15, 0.2) is 24.1 Å². The van der Waals surface area contributed by atoms with Gasteiger partial charge in [0.25, 0.3) is 5.56 Å². The molecule has 0 amide bonds. The second kappa shape index (κ2) is 6.01. The van der Waals surface area contributed by atoms with Crippen molar-refractivity contribution in [3.63, 3.8) is 0 Å². The fourth-order valence-corrected chi connectivity index (χ4v) is 3.70. The lowest BCUT2D eigenvalue weighted by Gasteiger charge is -2.29. The van der Waals surface area contributed by atoms with E-state index in [1.54, 1.807) is 0 Å². The molecule has 5 atom stereocenters. The van der Waals surface area contributed by atoms with Gasteiger partial charge < -0.3 is 15.2 Å². The van der Waals surface area contributed by atoms with Crippen molar-refractivity contribution in [3.05, 3.63) is 27.1 Å². The van der Waals surface area contributed by atoms with E-state index < -0.39 is 37.6 Å². The second-order valence-electron chi connectivity index (χ2n) is 5.99. The number of rotatable bonds is 5. The van der Waals surface area contributed by atoms with Gasteiger partial charge in [-0.05, 0) is 10.1 Å². The third kappa shape index (κ3) is 2.45. The third-order valence-corrected chi connectivity index (χ3v) is 4.89. The molecule has 0 spiro atoms. The zero-order chi connectivity index (χ0) is 18.5. The van der Waals surface area contributed by atoms with Crippen LogP contribution in [0, 0.1) is 0 Å². The summed E-state index contributed by atoms with van der Waals surface area (Å²) in [6.45, 7) is 1.46. The molecular formula is C12H14N8O5P+. The minimum atomic E-state index is -1.87. The number of nitrogens with two attached hydrogens (primary N) is 1. The van der Waals surface area contributed by atoms with Crippen molar-refractivity contribution >= 4 is 25.1 Å². The summed E-state index contributed by atoms with van der Waals surface area (Å²) in [6.07, 6.45) is -0.0384. The Morgan fingerprint density at radius 2 is 2.50 bits per heavy atom. The standard InChI is InChI=1S/C12H13N8O5P/c1-26(22)24-3-12-2-23-6(7(12)18-19-14)10(25-12)20-4-15-5-8(20)16-11(13)17-9(5)21/h4,6-7,10H,2-3H2,1H3,(H2-,13,16,17,21)/p+1/t6-,7+,10-,12-/m1/s1. The maximum atomic E-state index is 12.0. The highest BCUT2D eigenvalue weighted by Crippen LogP contribution is 2.48. The average Bonchev–Trinajstić information content (AvgIpc) is 3.24. The molecule has 1 unspecified atom stereocenters. The van der Waals surface area contributed by atoms with E-state index in [0.29, 0.717) is 0 Å². The Balaban J connectivity index is 1.76. The van der Waals surface area contributed by atoms with Crippen LogP contribution < -0.4 is 11.3 Å². The number of nitrogens with zero attached hydrogens (tertiary/aromatic N) is 6. The van der Waals surface area contributed by atoms with Crippen molar-refractivity contribution in [1.82, 2.24) is 19.5 Å². The molecule has 4 heterocycles. The van der Waals surface area contributed by atoms with Crippen molar-refractivity contribution in [2.75, 3.05) is 25.6 Å². The van der Waals surface area contributed by atoms with Gasteiger partial charge in [0.1, 0.15) is 24.4 Å². The number of nitrogen functional groups attached to an aromatic ring is 1. The van der Waals surface area contributed by atoms with Crippen molar-refractivity contribution in [2.24, 2.45) is 5.11 Å². The number of H-pyrrole nitrogens is 1. The fraction of sp³-hybridized carbons (Fsp3) is 0.583. The van der Waals surface area contributed by atoms with E-state index in [-0.39, 0.29) is 30.3 Å². The first kappa shape index (κ1) is 16.9. The van der Waals surface area contributed by atoms with Gasteiger partial charge in [-0.25, -0.2) is 4.98 Å². The van der Waals surface area contributed by atoms with Gasteiger partial charge in [0, 0.05) is 4.91 Å². The number of hydrogen-bond acceptors (Lipinski definition) is 9. The molecule has 2 bridgehead atoms. The molecule has 0 radical (unpaired) electrons. The van der Waals surface area contributed by atoms with Gasteiger partial charge in [-0.15, -0.1) is 4.52 Å². The average molecular weight is 381 g/mol. The molecule has 2 aliphatic rings. The number of azide groups is 1. The summed E-state index contributed by atoms with van der Waals surface area (Å²) in [5.74, 6) is -0.0686. The zero-order valence-electron chi connectivity index (χ0n) is 13.5. The lowest BCUT2D eigenvalue weighted by molar-refractivity contribution is -0.179. The fourth-order valence-electron chi connectivity index (χ4n) is 3.29. The summed E-state index contributed by atoms with van der Waals surface area (Å²) in [5.41, 5.74) is 13.2. The van der Waals surface area contributed by atoms with E-state index in [2.05, 4.69) is 25.0 Å². The van der Waals surface area contributed by atoms with Crippen LogP contribution in [0.2, 0.25) is 0 Å². The zero-order valence-corrected chi connectivity index (χ0v) is 14.4. The topological polar surface area (TPSA) is 183 Å². The Bertz CT molecular complexity index is 999. The predicted octanol–water partition coefficient (Wildman–Crippen LogP) is 0.436. The molecule has 13 nitrogen and oxygen atoms in total. The first-order chi connectivity index (χ1) is 12.4. The van der Waals surface area contributed by atoms with Gasteiger partial charge in [-0.2, -0.15) is 4.98 Å². The molecule has 0 saturated carbocycles. The van der Waals surface area contributed by atoms with Gasteiger partial charge in [-0.3, -0.25) is 14.3 Å². The Morgan fingerprint density at radius 1 is 1.69 bits per heavy atom. The highest BCUT2D eigenvalue weighted by atomic mass is 31.1. The van der Waals surface area contributed by atoms with Crippen LogP contribution >= 0.6 is 8.03 Å². The quantitative estimate of drug-likeness (QED) is 0.323. The van der Waals surface area contributed by atoms with Gasteiger partial charge >= 0.3 is 8.03 Å². The summed E-state index contributed by atoms with van der Waals surface area (Å²) >= 11 is 0. The minimum absolute atomic E-state index is 0.0686. The number of anilines is 1. The van der Waals surface area contributed by atoms with Gasteiger partial charge in [0.05, 0.1) is 12.9 Å². The number of nitrogens with one attached hydrogen (secondary N) is 1. The molecular weight excluding hydrogens is 367 g/mol. The molecule has 136 valence electrons. The van der Waals surface area contributed by atoms with Crippen LogP contribution in [-0.2, 0) is 18.6 Å². The maximum absolute atomic E-state index is 12.0. The Kier molecular flexibility index (Phi) is 3.90. The van der Waals surface area contributed by atoms with E-state index in [1.165, 1.54) is 17.6 Å². The number of hydrogen-bond donors (Lipinski definition) is 2. The third-order valence-electron chi connectivity index (χ3n) is 4.40. The molecule has 4 rings (SSSR count). The van der Waals surface area contributed by atoms with Crippen molar-refractivity contribution < 1.29 is 18.6 Å². The maximum Gasteiger partial charge on any atom is 0.504 e. The van der Waals surface area contributed by atoms with E-state index in [1.807, 2.05) is 0 Å². The van der Waals surface area contributed by atoms with Crippen molar-refractivity contribution in [2.45, 2.75) is 24.0 Å². The molecule has 2 aromatic heterocycles. The molecule has 2 fully saturated rings. The highest BCUT2D eigenvalue weighted by Gasteiger charge is 2.63. The summed E-state index contributed by atoms with van der Waals surface area (Å²) in [7, 11) is -1.87. The number of aromatic amines is 1. The molecule has 2 saturated heterocycles. The number of fused-ring (bicyclic) bond motifs is 3. The van der Waals surface area contributed by atoms with Crippen LogP contribution in [-0.4, -0.2) is 57.1 Å². The highest BCUT2D eigenvalue weighted by molar-refractivity contribution is 7.38. The molecule has 2 aromatic rings. The summed E-state index contributed by atoms with van der Waals surface area (Å²) in [4.78, 5) is 25.3. The molecule has 26 heavy (non-hydrogen) atoms. The van der Waals surface area contributed by atoms with Crippen LogP contribution in [0.1, 0.15) is 6.23 Å². The van der Waals surface area contributed by atoms with Crippen LogP contribution in [0.4, 0.5) is 5.95 Å². The molecule has 0 aromatic carbocycles. The largest absolute Gasteiger partial charge is 0.504 e. The van der Waals surface area contributed by atoms with Crippen LogP contribution in [0.25, 0.3) is 21.6 Å². The van der Waals surface area contributed by atoms with Gasteiger partial charge in [0.2, 0.25) is 5.95 Å². The van der Waals surface area contributed by atoms with Crippen LogP contribution in [0.5, 0.6) is 0 Å². The summed E-state index contributed by atoms with van der Waals surface area (Å²) < 4.78 is 29.9. The Hall–Kier alpha value is -2.56. The first-order valence-corrected chi connectivity index (χ1v) is 9.17. The van der Waals surface area contributed by atoms with Crippen molar-refractivity contribution in [1.29, 1.82) is 0 Å². The normalized spacial score (nSPS) is 30.5. The smallest absolute Gasteiger partial charge is 0.370 e. The first-order valence-electron chi connectivity index (χ1n) is 7.55. The molecule has 2 aliphatic heterocycles. The Labute approximate surface area is 146 Å². The van der Waals surface area contributed by atoms with E-state index >= 15 is 0 Å². The monoisotopic (exact) mass is 381 g/mol.